The first-order valence-electron chi connectivity index (χ1n) is 6.37. The number of carbonyl (C=O) groups is 1. The molecule has 0 radical (unpaired) electrons. The van der Waals surface area contributed by atoms with Crippen LogP contribution >= 0.6 is 11.8 Å². The van der Waals surface area contributed by atoms with E-state index < -0.39 is 0 Å². The summed E-state index contributed by atoms with van der Waals surface area (Å²) in [5.41, 5.74) is 9.52. The van der Waals surface area contributed by atoms with Crippen LogP contribution in [0.25, 0.3) is 0 Å². The van der Waals surface area contributed by atoms with Gasteiger partial charge in [0.25, 0.3) is 0 Å². The summed E-state index contributed by atoms with van der Waals surface area (Å²) in [5.74, 6) is 1.21. The number of hydrogen-bond acceptors (Lipinski definition) is 3. The molecule has 0 aliphatic carbocycles. The fourth-order valence-corrected chi connectivity index (χ4v) is 3.41. The van der Waals surface area contributed by atoms with Gasteiger partial charge in [0.05, 0.1) is 5.25 Å². The van der Waals surface area contributed by atoms with Crippen LogP contribution in [-0.4, -0.2) is 16.9 Å². The maximum Gasteiger partial charge on any atom is 0.237 e. The van der Waals surface area contributed by atoms with Crippen molar-refractivity contribution < 1.29 is 4.79 Å². The highest BCUT2D eigenvalue weighted by atomic mass is 32.2. The standard InChI is InChI=1S/C14H20N2OS/c1-9-6-7-11(15)10(2)13(9)16-14(17)12-5-3-4-8-18-12/h6-7,12H,3-5,8,15H2,1-2H3,(H,16,17). The molecule has 1 atom stereocenters. The van der Waals surface area contributed by atoms with Gasteiger partial charge in [0.1, 0.15) is 0 Å². The normalized spacial score (nSPS) is 19.6. The van der Waals surface area contributed by atoms with Gasteiger partial charge in [-0.1, -0.05) is 12.5 Å². The molecular weight excluding hydrogens is 244 g/mol. The van der Waals surface area contributed by atoms with Gasteiger partial charge in [-0.05, 0) is 49.6 Å². The van der Waals surface area contributed by atoms with Crippen LogP contribution in [0.5, 0.6) is 0 Å². The van der Waals surface area contributed by atoms with Crippen LogP contribution in [-0.2, 0) is 4.79 Å². The first-order valence-corrected chi connectivity index (χ1v) is 7.42. The SMILES string of the molecule is Cc1ccc(N)c(C)c1NC(=O)C1CCCCS1. The van der Waals surface area contributed by atoms with Gasteiger partial charge in [-0.25, -0.2) is 0 Å². The van der Waals surface area contributed by atoms with Gasteiger partial charge in [-0.15, -0.1) is 11.8 Å². The largest absolute Gasteiger partial charge is 0.398 e. The molecule has 0 aromatic heterocycles. The predicted octanol–water partition coefficient (Wildman–Crippen LogP) is 3.11. The number of rotatable bonds is 2. The lowest BCUT2D eigenvalue weighted by Crippen LogP contribution is -2.28. The van der Waals surface area contributed by atoms with Crippen LogP contribution in [0.1, 0.15) is 30.4 Å². The summed E-state index contributed by atoms with van der Waals surface area (Å²) in [6.07, 6.45) is 3.36. The quantitative estimate of drug-likeness (QED) is 0.807. The van der Waals surface area contributed by atoms with E-state index in [1.807, 2.05) is 26.0 Å². The molecule has 1 aromatic rings. The molecule has 3 N–H and O–H groups in total. The number of aryl methyl sites for hydroxylation is 1. The summed E-state index contributed by atoms with van der Waals surface area (Å²) in [7, 11) is 0. The second-order valence-electron chi connectivity index (χ2n) is 4.82. The Bertz CT molecular complexity index is 453. The predicted molar refractivity (Wildman–Crippen MR) is 79.1 cm³/mol. The molecule has 1 saturated heterocycles. The summed E-state index contributed by atoms with van der Waals surface area (Å²) in [6.45, 7) is 3.95. The number of carbonyl (C=O) groups excluding carboxylic acids is 1. The van der Waals surface area contributed by atoms with Gasteiger partial charge in [0.15, 0.2) is 0 Å². The minimum absolute atomic E-state index is 0.0963. The molecule has 0 saturated carbocycles. The van der Waals surface area contributed by atoms with E-state index in [0.717, 1.165) is 41.1 Å². The van der Waals surface area contributed by atoms with Crippen molar-refractivity contribution in [3.8, 4) is 0 Å². The average Bonchev–Trinajstić information content (AvgIpc) is 2.40. The van der Waals surface area contributed by atoms with Crippen LogP contribution in [0.3, 0.4) is 0 Å². The van der Waals surface area contributed by atoms with Crippen LogP contribution in [0, 0.1) is 13.8 Å². The highest BCUT2D eigenvalue weighted by Crippen LogP contribution is 2.29. The van der Waals surface area contributed by atoms with Gasteiger partial charge in [0.2, 0.25) is 5.91 Å². The van der Waals surface area contributed by atoms with Gasteiger partial charge < -0.3 is 11.1 Å². The Kier molecular flexibility index (Phi) is 4.17. The molecule has 4 heteroatoms. The highest BCUT2D eigenvalue weighted by molar-refractivity contribution is 8.00. The van der Waals surface area contributed by atoms with Crippen molar-refractivity contribution in [3.05, 3.63) is 23.3 Å². The highest BCUT2D eigenvalue weighted by Gasteiger charge is 2.22. The Balaban J connectivity index is 2.13. The summed E-state index contributed by atoms with van der Waals surface area (Å²) >= 11 is 1.76. The summed E-state index contributed by atoms with van der Waals surface area (Å²) in [4.78, 5) is 12.2. The van der Waals surface area contributed by atoms with Crippen LogP contribution in [0.4, 0.5) is 11.4 Å². The molecule has 1 heterocycles. The number of benzene rings is 1. The zero-order valence-corrected chi connectivity index (χ0v) is 11.8. The van der Waals surface area contributed by atoms with E-state index in [2.05, 4.69) is 5.32 Å². The third-order valence-corrected chi connectivity index (χ3v) is 4.81. The smallest absolute Gasteiger partial charge is 0.237 e. The van der Waals surface area contributed by atoms with E-state index >= 15 is 0 Å². The minimum Gasteiger partial charge on any atom is -0.398 e. The van der Waals surface area contributed by atoms with Crippen LogP contribution in [0.15, 0.2) is 12.1 Å². The topological polar surface area (TPSA) is 55.1 Å². The number of thioether (sulfide) groups is 1. The first kappa shape index (κ1) is 13.3. The molecule has 1 amide bonds. The van der Waals surface area contributed by atoms with E-state index in [4.69, 9.17) is 5.73 Å². The molecule has 2 rings (SSSR count). The molecule has 1 aromatic carbocycles. The lowest BCUT2D eigenvalue weighted by atomic mass is 10.1. The van der Waals surface area contributed by atoms with E-state index in [0.29, 0.717) is 0 Å². The zero-order chi connectivity index (χ0) is 13.1. The van der Waals surface area contributed by atoms with Crippen molar-refractivity contribution in [1.82, 2.24) is 0 Å². The van der Waals surface area contributed by atoms with Crippen molar-refractivity contribution in [2.45, 2.75) is 38.4 Å². The van der Waals surface area contributed by atoms with Crippen molar-refractivity contribution >= 4 is 29.0 Å². The monoisotopic (exact) mass is 264 g/mol. The summed E-state index contributed by atoms with van der Waals surface area (Å²) in [6, 6.07) is 3.83. The number of hydrogen-bond donors (Lipinski definition) is 2. The Morgan fingerprint density at radius 3 is 2.83 bits per heavy atom. The maximum absolute atomic E-state index is 12.2. The van der Waals surface area contributed by atoms with E-state index in [9.17, 15) is 4.79 Å². The lowest BCUT2D eigenvalue weighted by molar-refractivity contribution is -0.115. The van der Waals surface area contributed by atoms with Crippen molar-refractivity contribution in [3.63, 3.8) is 0 Å². The van der Waals surface area contributed by atoms with Gasteiger partial charge in [0, 0.05) is 11.4 Å². The van der Waals surface area contributed by atoms with Crippen molar-refractivity contribution in [2.24, 2.45) is 0 Å². The van der Waals surface area contributed by atoms with Crippen LogP contribution in [0.2, 0.25) is 0 Å². The maximum atomic E-state index is 12.2. The summed E-state index contributed by atoms with van der Waals surface area (Å²) in [5, 5.41) is 3.15. The molecule has 3 nitrogen and oxygen atoms in total. The molecule has 1 aliphatic rings. The minimum atomic E-state index is 0.0963. The molecule has 0 spiro atoms. The number of nitrogens with one attached hydrogen (secondary N) is 1. The Hall–Kier alpha value is -1.16. The molecule has 18 heavy (non-hydrogen) atoms. The zero-order valence-electron chi connectivity index (χ0n) is 11.0. The van der Waals surface area contributed by atoms with Gasteiger partial charge >= 0.3 is 0 Å². The van der Waals surface area contributed by atoms with Crippen molar-refractivity contribution in [1.29, 1.82) is 0 Å². The second-order valence-corrected chi connectivity index (χ2v) is 6.13. The van der Waals surface area contributed by atoms with Gasteiger partial charge in [-0.3, -0.25) is 4.79 Å². The van der Waals surface area contributed by atoms with Crippen LogP contribution < -0.4 is 11.1 Å². The third kappa shape index (κ3) is 2.80. The molecule has 1 aliphatic heterocycles. The molecular formula is C14H20N2OS. The molecule has 98 valence electrons. The fraction of sp³-hybridized carbons (Fsp3) is 0.500. The fourth-order valence-electron chi connectivity index (χ4n) is 2.21. The molecule has 1 fully saturated rings. The number of anilines is 2. The number of nitrogens with two attached hydrogens (primary N) is 1. The van der Waals surface area contributed by atoms with E-state index in [-0.39, 0.29) is 11.2 Å². The molecule has 0 bridgehead atoms. The second kappa shape index (κ2) is 5.65. The van der Waals surface area contributed by atoms with Crippen molar-refractivity contribution in [2.75, 3.05) is 16.8 Å². The van der Waals surface area contributed by atoms with E-state index in [1.165, 1.54) is 6.42 Å². The first-order chi connectivity index (χ1) is 8.59. The number of nitrogen functional groups attached to an aromatic ring is 1. The lowest BCUT2D eigenvalue weighted by Gasteiger charge is -2.22. The molecule has 1 unspecified atom stereocenters. The van der Waals surface area contributed by atoms with Gasteiger partial charge in [-0.2, -0.15) is 0 Å². The Morgan fingerprint density at radius 1 is 1.39 bits per heavy atom. The van der Waals surface area contributed by atoms with E-state index in [1.54, 1.807) is 11.8 Å². The average molecular weight is 264 g/mol. The third-order valence-electron chi connectivity index (χ3n) is 3.44. The Morgan fingerprint density at radius 2 is 2.17 bits per heavy atom. The number of amides is 1. The Labute approximate surface area is 113 Å². The summed E-state index contributed by atoms with van der Waals surface area (Å²) < 4.78 is 0.